The SMILES string of the molecule is NCC(=O)c1c(Cl)ccc(F)c1O. The fourth-order valence-electron chi connectivity index (χ4n) is 0.908. The Labute approximate surface area is 78.9 Å². The molecule has 0 saturated carbocycles. The maximum atomic E-state index is 12.8. The van der Waals surface area contributed by atoms with E-state index in [4.69, 9.17) is 22.4 Å². The molecular formula is C8H7ClFNO2. The molecule has 3 N–H and O–H groups in total. The van der Waals surface area contributed by atoms with Crippen molar-refractivity contribution in [2.24, 2.45) is 5.73 Å². The molecule has 5 heteroatoms. The van der Waals surface area contributed by atoms with Crippen LogP contribution in [0.4, 0.5) is 4.39 Å². The first-order chi connectivity index (χ1) is 6.07. The molecule has 0 aliphatic rings. The van der Waals surface area contributed by atoms with Crippen molar-refractivity contribution >= 4 is 17.4 Å². The number of benzene rings is 1. The molecule has 0 aromatic heterocycles. The standard InChI is InChI=1S/C8H7ClFNO2/c9-4-1-2-5(10)8(13)7(4)6(12)3-11/h1-2,13H,3,11H2. The van der Waals surface area contributed by atoms with Gasteiger partial charge in [-0.1, -0.05) is 11.6 Å². The molecule has 0 aliphatic heterocycles. The first-order valence-electron chi connectivity index (χ1n) is 3.48. The highest BCUT2D eigenvalue weighted by molar-refractivity contribution is 6.34. The van der Waals surface area contributed by atoms with Gasteiger partial charge in [-0.25, -0.2) is 4.39 Å². The number of ketones is 1. The van der Waals surface area contributed by atoms with Crippen molar-refractivity contribution in [3.05, 3.63) is 28.5 Å². The van der Waals surface area contributed by atoms with Gasteiger partial charge < -0.3 is 10.8 Å². The highest BCUT2D eigenvalue weighted by Crippen LogP contribution is 2.28. The molecule has 3 nitrogen and oxygen atoms in total. The first-order valence-corrected chi connectivity index (χ1v) is 3.86. The van der Waals surface area contributed by atoms with E-state index in [0.29, 0.717) is 0 Å². The summed E-state index contributed by atoms with van der Waals surface area (Å²) >= 11 is 5.57. The third-order valence-corrected chi connectivity index (χ3v) is 1.86. The summed E-state index contributed by atoms with van der Waals surface area (Å²) in [4.78, 5) is 11.1. The van der Waals surface area contributed by atoms with Crippen molar-refractivity contribution in [1.82, 2.24) is 0 Å². The van der Waals surface area contributed by atoms with E-state index in [9.17, 15) is 9.18 Å². The van der Waals surface area contributed by atoms with Crippen molar-refractivity contribution < 1.29 is 14.3 Å². The third-order valence-electron chi connectivity index (χ3n) is 1.54. The van der Waals surface area contributed by atoms with Crippen molar-refractivity contribution in [3.8, 4) is 5.75 Å². The van der Waals surface area contributed by atoms with Gasteiger partial charge in [0.25, 0.3) is 0 Å². The minimum atomic E-state index is -0.888. The summed E-state index contributed by atoms with van der Waals surface area (Å²) in [5.74, 6) is -2.23. The summed E-state index contributed by atoms with van der Waals surface area (Å²) in [5.41, 5.74) is 4.79. The maximum Gasteiger partial charge on any atom is 0.181 e. The predicted molar refractivity (Wildman–Crippen MR) is 46.5 cm³/mol. The van der Waals surface area contributed by atoms with Gasteiger partial charge >= 0.3 is 0 Å². The average molecular weight is 204 g/mol. The fraction of sp³-hybridized carbons (Fsp3) is 0.125. The molecule has 0 spiro atoms. The second-order valence-corrected chi connectivity index (χ2v) is 2.79. The number of phenolic OH excluding ortho intramolecular Hbond substituents is 1. The van der Waals surface area contributed by atoms with Crippen LogP contribution in [0.25, 0.3) is 0 Å². The molecule has 0 amide bonds. The van der Waals surface area contributed by atoms with Crippen molar-refractivity contribution in [3.63, 3.8) is 0 Å². The summed E-state index contributed by atoms with van der Waals surface area (Å²) in [6.45, 7) is -0.323. The quantitative estimate of drug-likeness (QED) is 0.713. The average Bonchev–Trinajstić information content (AvgIpc) is 2.12. The molecule has 1 rings (SSSR count). The van der Waals surface area contributed by atoms with Crippen LogP contribution in [0.2, 0.25) is 5.02 Å². The van der Waals surface area contributed by atoms with Crippen LogP contribution in [-0.2, 0) is 0 Å². The molecule has 70 valence electrons. The van der Waals surface area contributed by atoms with Crippen LogP contribution >= 0.6 is 11.6 Å². The number of nitrogens with two attached hydrogens (primary N) is 1. The van der Waals surface area contributed by atoms with Gasteiger partial charge in [0.15, 0.2) is 17.3 Å². The van der Waals surface area contributed by atoms with E-state index in [0.717, 1.165) is 6.07 Å². The zero-order valence-corrected chi connectivity index (χ0v) is 7.31. The maximum absolute atomic E-state index is 12.8. The molecule has 0 bridgehead atoms. The number of hydrogen-bond donors (Lipinski definition) is 2. The second kappa shape index (κ2) is 3.72. The lowest BCUT2D eigenvalue weighted by Gasteiger charge is -2.04. The highest BCUT2D eigenvalue weighted by atomic mass is 35.5. The topological polar surface area (TPSA) is 63.3 Å². The van der Waals surface area contributed by atoms with Crippen LogP contribution in [0.5, 0.6) is 5.75 Å². The summed E-state index contributed by atoms with van der Waals surface area (Å²) in [6.07, 6.45) is 0. The molecule has 0 fully saturated rings. The van der Waals surface area contributed by atoms with Gasteiger partial charge in [0.1, 0.15) is 0 Å². The van der Waals surface area contributed by atoms with Crippen LogP contribution in [0.1, 0.15) is 10.4 Å². The number of Topliss-reactive ketones (excluding diaryl/α,β-unsaturated/α-hetero) is 1. The smallest absolute Gasteiger partial charge is 0.181 e. The molecule has 1 aromatic rings. The summed E-state index contributed by atoms with van der Waals surface area (Å²) < 4.78 is 12.8. The number of phenols is 1. The number of rotatable bonds is 2. The Morgan fingerprint density at radius 1 is 1.62 bits per heavy atom. The van der Waals surface area contributed by atoms with E-state index in [1.54, 1.807) is 0 Å². The lowest BCUT2D eigenvalue weighted by molar-refractivity contribution is 0.0998. The van der Waals surface area contributed by atoms with E-state index in [2.05, 4.69) is 0 Å². The van der Waals surface area contributed by atoms with Gasteiger partial charge in [-0.05, 0) is 12.1 Å². The lowest BCUT2D eigenvalue weighted by Crippen LogP contribution is -2.14. The number of carbonyl (C=O) groups is 1. The van der Waals surface area contributed by atoms with E-state index in [-0.39, 0.29) is 17.1 Å². The Balaban J connectivity index is 3.33. The van der Waals surface area contributed by atoms with Gasteiger partial charge in [0, 0.05) is 0 Å². The molecule has 0 heterocycles. The van der Waals surface area contributed by atoms with Crippen LogP contribution in [0, 0.1) is 5.82 Å². The molecular weight excluding hydrogens is 197 g/mol. The van der Waals surface area contributed by atoms with E-state index < -0.39 is 17.3 Å². The van der Waals surface area contributed by atoms with E-state index >= 15 is 0 Å². The summed E-state index contributed by atoms with van der Waals surface area (Å²) in [5, 5.41) is 9.14. The number of aromatic hydroxyl groups is 1. The normalized spacial score (nSPS) is 10.1. The molecule has 1 aromatic carbocycles. The number of carbonyl (C=O) groups excluding carboxylic acids is 1. The molecule has 0 unspecified atom stereocenters. The van der Waals surface area contributed by atoms with Crippen LogP contribution in [0.15, 0.2) is 12.1 Å². The Kier molecular flexibility index (Phi) is 2.85. The van der Waals surface area contributed by atoms with Gasteiger partial charge in [0.2, 0.25) is 0 Å². The van der Waals surface area contributed by atoms with E-state index in [1.807, 2.05) is 0 Å². The molecule has 0 atom stereocenters. The minimum absolute atomic E-state index is 0.00523. The van der Waals surface area contributed by atoms with Crippen molar-refractivity contribution in [2.45, 2.75) is 0 Å². The minimum Gasteiger partial charge on any atom is -0.504 e. The molecule has 0 saturated heterocycles. The van der Waals surface area contributed by atoms with Gasteiger partial charge in [-0.2, -0.15) is 0 Å². The molecule has 13 heavy (non-hydrogen) atoms. The summed E-state index contributed by atoms with van der Waals surface area (Å²) in [6, 6.07) is 2.17. The Morgan fingerprint density at radius 3 is 2.77 bits per heavy atom. The Morgan fingerprint density at radius 2 is 2.23 bits per heavy atom. The second-order valence-electron chi connectivity index (χ2n) is 2.38. The van der Waals surface area contributed by atoms with Crippen molar-refractivity contribution in [1.29, 1.82) is 0 Å². The monoisotopic (exact) mass is 203 g/mol. The highest BCUT2D eigenvalue weighted by Gasteiger charge is 2.17. The van der Waals surface area contributed by atoms with Gasteiger partial charge in [0.05, 0.1) is 17.1 Å². The van der Waals surface area contributed by atoms with Crippen LogP contribution < -0.4 is 5.73 Å². The zero-order chi connectivity index (χ0) is 10.0. The summed E-state index contributed by atoms with van der Waals surface area (Å²) in [7, 11) is 0. The first kappa shape index (κ1) is 9.95. The van der Waals surface area contributed by atoms with Crippen LogP contribution in [-0.4, -0.2) is 17.4 Å². The lowest BCUT2D eigenvalue weighted by atomic mass is 10.1. The van der Waals surface area contributed by atoms with Gasteiger partial charge in [-0.15, -0.1) is 0 Å². The molecule has 0 radical (unpaired) electrons. The van der Waals surface area contributed by atoms with Crippen LogP contribution in [0.3, 0.4) is 0 Å². The zero-order valence-electron chi connectivity index (χ0n) is 6.55. The van der Waals surface area contributed by atoms with E-state index in [1.165, 1.54) is 6.07 Å². The fourth-order valence-corrected chi connectivity index (χ4v) is 1.17. The Hall–Kier alpha value is -1.13. The largest absolute Gasteiger partial charge is 0.504 e. The number of hydrogen-bond acceptors (Lipinski definition) is 3. The predicted octanol–water partition coefficient (Wildman–Crippen LogP) is 1.33. The molecule has 0 aliphatic carbocycles. The third kappa shape index (κ3) is 1.79. The Bertz CT molecular complexity index is 354. The van der Waals surface area contributed by atoms with Gasteiger partial charge in [-0.3, -0.25) is 4.79 Å². The van der Waals surface area contributed by atoms with Crippen molar-refractivity contribution in [2.75, 3.05) is 6.54 Å². The number of halogens is 2.